The quantitative estimate of drug-likeness (QED) is 0.755. The number of carbonyl (C=O) groups is 1. The van der Waals surface area contributed by atoms with Gasteiger partial charge >= 0.3 is 0 Å². The second-order valence-corrected chi connectivity index (χ2v) is 6.36. The maximum Gasteiger partial charge on any atom is 0.248 e. The molecule has 1 fully saturated rings. The van der Waals surface area contributed by atoms with Crippen molar-refractivity contribution in [3.8, 4) is 5.75 Å². The van der Waals surface area contributed by atoms with E-state index in [1.807, 2.05) is 12.1 Å². The van der Waals surface area contributed by atoms with E-state index < -0.39 is 5.91 Å². The first-order valence-corrected chi connectivity index (χ1v) is 8.67. The Kier molecular flexibility index (Phi) is 5.68. The van der Waals surface area contributed by atoms with Gasteiger partial charge in [-0.1, -0.05) is 30.3 Å². The minimum absolute atomic E-state index is 0.278. The third kappa shape index (κ3) is 4.18. The number of carbonyl (C=O) groups excluding carboxylic acids is 1. The summed E-state index contributed by atoms with van der Waals surface area (Å²) in [6, 6.07) is 16.4. The fourth-order valence-corrected chi connectivity index (χ4v) is 3.43. The van der Waals surface area contributed by atoms with Crippen molar-refractivity contribution in [1.29, 1.82) is 0 Å². The van der Waals surface area contributed by atoms with E-state index in [0.717, 1.165) is 30.7 Å². The summed E-state index contributed by atoms with van der Waals surface area (Å²) >= 11 is 0. The summed E-state index contributed by atoms with van der Waals surface area (Å²) in [6.07, 6.45) is 2.24. The smallest absolute Gasteiger partial charge is 0.248 e. The highest BCUT2D eigenvalue weighted by Gasteiger charge is 2.25. The van der Waals surface area contributed by atoms with Gasteiger partial charge in [-0.2, -0.15) is 0 Å². The molecular weight excluding hydrogens is 314 g/mol. The molecule has 132 valence electrons. The molecule has 5 heteroatoms. The predicted octanol–water partition coefficient (Wildman–Crippen LogP) is 2.38. The molecule has 0 aliphatic carbocycles. The first kappa shape index (κ1) is 17.5. The number of nitrogens with one attached hydrogen (secondary N) is 2. The summed E-state index contributed by atoms with van der Waals surface area (Å²) in [5.74, 6) is 0.336. The molecule has 0 spiro atoms. The third-order valence-corrected chi connectivity index (χ3v) is 4.74. The highest BCUT2D eigenvalue weighted by molar-refractivity contribution is 5.93. The predicted molar refractivity (Wildman–Crippen MR) is 98.6 cm³/mol. The van der Waals surface area contributed by atoms with Crippen molar-refractivity contribution in [2.75, 3.05) is 13.7 Å². The maximum absolute atomic E-state index is 11.4. The van der Waals surface area contributed by atoms with Gasteiger partial charge in [-0.25, -0.2) is 0 Å². The molecular formula is C20H25N3O2. The zero-order chi connectivity index (χ0) is 17.6. The number of rotatable bonds is 6. The normalized spacial score (nSPS) is 20.2. The fraction of sp³-hybridized carbons (Fsp3) is 0.350. The summed E-state index contributed by atoms with van der Waals surface area (Å²) in [7, 11) is 1.64. The highest BCUT2D eigenvalue weighted by Crippen LogP contribution is 2.25. The molecule has 2 atom stereocenters. The van der Waals surface area contributed by atoms with Crippen molar-refractivity contribution in [1.82, 2.24) is 10.6 Å². The fourth-order valence-electron chi connectivity index (χ4n) is 3.43. The lowest BCUT2D eigenvalue weighted by atomic mass is 9.92. The molecule has 0 bridgehead atoms. The Balaban J connectivity index is 1.75. The minimum atomic E-state index is -0.426. The van der Waals surface area contributed by atoms with E-state index >= 15 is 0 Å². The molecule has 4 N–H and O–H groups in total. The van der Waals surface area contributed by atoms with E-state index in [1.54, 1.807) is 19.2 Å². The molecule has 1 saturated heterocycles. The lowest BCUT2D eigenvalue weighted by Crippen LogP contribution is -2.45. The molecule has 1 aliphatic rings. The molecule has 1 heterocycles. The van der Waals surface area contributed by atoms with Crippen LogP contribution < -0.4 is 21.1 Å². The average molecular weight is 339 g/mol. The van der Waals surface area contributed by atoms with Gasteiger partial charge in [0.2, 0.25) is 5.91 Å². The zero-order valence-corrected chi connectivity index (χ0v) is 14.5. The van der Waals surface area contributed by atoms with Crippen LogP contribution in [0.25, 0.3) is 0 Å². The standard InChI is InChI=1S/C20H25N3O2/c1-25-18-10-9-15(20(21)24)12-16(18)13-23-17-8-5-11-22-19(17)14-6-3-2-4-7-14/h2-4,6-7,9-10,12,17,19,22-23H,5,8,11,13H2,1H3,(H2,21,24). The molecule has 1 aliphatic heterocycles. The van der Waals surface area contributed by atoms with E-state index in [2.05, 4.69) is 34.9 Å². The monoisotopic (exact) mass is 339 g/mol. The summed E-state index contributed by atoms with van der Waals surface area (Å²) in [4.78, 5) is 11.4. The van der Waals surface area contributed by atoms with Gasteiger partial charge in [-0.15, -0.1) is 0 Å². The zero-order valence-electron chi connectivity index (χ0n) is 14.5. The van der Waals surface area contributed by atoms with Crippen LogP contribution in [0, 0.1) is 0 Å². The lowest BCUT2D eigenvalue weighted by molar-refractivity contribution is 0.1000. The Morgan fingerprint density at radius 2 is 2.08 bits per heavy atom. The van der Waals surface area contributed by atoms with Crippen LogP contribution in [-0.4, -0.2) is 25.6 Å². The van der Waals surface area contributed by atoms with Crippen LogP contribution in [0.1, 0.15) is 40.4 Å². The van der Waals surface area contributed by atoms with Gasteiger partial charge in [0.25, 0.3) is 0 Å². The first-order chi connectivity index (χ1) is 12.2. The van der Waals surface area contributed by atoms with Crippen molar-refractivity contribution in [2.24, 2.45) is 5.73 Å². The Morgan fingerprint density at radius 1 is 1.28 bits per heavy atom. The van der Waals surface area contributed by atoms with Crippen molar-refractivity contribution in [2.45, 2.75) is 31.5 Å². The second-order valence-electron chi connectivity index (χ2n) is 6.36. The van der Waals surface area contributed by atoms with Gasteiger partial charge in [0.1, 0.15) is 5.75 Å². The number of ether oxygens (including phenoxy) is 1. The van der Waals surface area contributed by atoms with Gasteiger partial charge in [-0.05, 0) is 43.1 Å². The number of benzene rings is 2. The number of primary amides is 1. The van der Waals surface area contributed by atoms with Crippen LogP contribution in [0.2, 0.25) is 0 Å². The topological polar surface area (TPSA) is 76.4 Å². The van der Waals surface area contributed by atoms with Crippen molar-refractivity contribution in [3.63, 3.8) is 0 Å². The summed E-state index contributed by atoms with van der Waals surface area (Å²) in [5, 5.41) is 7.24. The van der Waals surface area contributed by atoms with E-state index in [1.165, 1.54) is 5.56 Å². The number of hydrogen-bond donors (Lipinski definition) is 3. The molecule has 0 radical (unpaired) electrons. The highest BCUT2D eigenvalue weighted by atomic mass is 16.5. The Labute approximate surface area is 148 Å². The summed E-state index contributed by atoms with van der Waals surface area (Å²) in [6.45, 7) is 1.65. The van der Waals surface area contributed by atoms with Gasteiger partial charge in [0, 0.05) is 29.8 Å². The van der Waals surface area contributed by atoms with Crippen molar-refractivity contribution in [3.05, 3.63) is 65.2 Å². The van der Waals surface area contributed by atoms with Gasteiger partial charge in [0.05, 0.1) is 7.11 Å². The number of methoxy groups -OCH3 is 1. The van der Waals surface area contributed by atoms with E-state index in [-0.39, 0.29) is 6.04 Å². The molecule has 25 heavy (non-hydrogen) atoms. The average Bonchev–Trinajstić information content (AvgIpc) is 2.67. The molecule has 5 nitrogen and oxygen atoms in total. The van der Waals surface area contributed by atoms with Gasteiger partial charge in [0.15, 0.2) is 0 Å². The van der Waals surface area contributed by atoms with Crippen LogP contribution in [0.15, 0.2) is 48.5 Å². The van der Waals surface area contributed by atoms with Crippen LogP contribution in [-0.2, 0) is 6.54 Å². The third-order valence-electron chi connectivity index (χ3n) is 4.74. The van der Waals surface area contributed by atoms with Crippen molar-refractivity contribution < 1.29 is 9.53 Å². The SMILES string of the molecule is COc1ccc(C(N)=O)cc1CNC1CCCNC1c1ccccc1. The molecule has 2 aromatic rings. The summed E-state index contributed by atoms with van der Waals surface area (Å²) in [5.41, 5.74) is 8.13. The first-order valence-electron chi connectivity index (χ1n) is 8.67. The Bertz CT molecular complexity index is 718. The molecule has 0 aromatic heterocycles. The van der Waals surface area contributed by atoms with Gasteiger partial charge < -0.3 is 21.1 Å². The Hall–Kier alpha value is -2.37. The summed E-state index contributed by atoms with van der Waals surface area (Å²) < 4.78 is 5.42. The number of nitrogens with two attached hydrogens (primary N) is 1. The number of piperidine rings is 1. The van der Waals surface area contributed by atoms with Crippen LogP contribution in [0.5, 0.6) is 5.75 Å². The molecule has 3 rings (SSSR count). The number of amides is 1. The molecule has 1 amide bonds. The molecule has 0 saturated carbocycles. The van der Waals surface area contributed by atoms with Crippen LogP contribution >= 0.6 is 0 Å². The van der Waals surface area contributed by atoms with Crippen LogP contribution in [0.3, 0.4) is 0 Å². The van der Waals surface area contributed by atoms with E-state index in [4.69, 9.17) is 10.5 Å². The number of hydrogen-bond acceptors (Lipinski definition) is 4. The Morgan fingerprint density at radius 3 is 2.80 bits per heavy atom. The maximum atomic E-state index is 11.4. The largest absolute Gasteiger partial charge is 0.496 e. The van der Waals surface area contributed by atoms with E-state index in [9.17, 15) is 4.79 Å². The van der Waals surface area contributed by atoms with E-state index in [0.29, 0.717) is 18.2 Å². The van der Waals surface area contributed by atoms with Crippen LogP contribution in [0.4, 0.5) is 0 Å². The molecule has 2 aromatic carbocycles. The second kappa shape index (κ2) is 8.14. The van der Waals surface area contributed by atoms with Gasteiger partial charge in [-0.3, -0.25) is 4.79 Å². The van der Waals surface area contributed by atoms with Crippen molar-refractivity contribution >= 4 is 5.91 Å². The lowest BCUT2D eigenvalue weighted by Gasteiger charge is -2.34. The minimum Gasteiger partial charge on any atom is -0.496 e. The molecule has 2 unspecified atom stereocenters.